The first kappa shape index (κ1) is 10.2. The van der Waals surface area contributed by atoms with Crippen LogP contribution >= 0.6 is 0 Å². The van der Waals surface area contributed by atoms with Crippen molar-refractivity contribution in [3.63, 3.8) is 0 Å². The SMILES string of the molecule is CCCOCn1cc(CO)nc1C. The number of hydrogen-bond donors (Lipinski definition) is 1. The fourth-order valence-electron chi connectivity index (χ4n) is 1.09. The van der Waals surface area contributed by atoms with Crippen LogP contribution in [-0.4, -0.2) is 21.3 Å². The lowest BCUT2D eigenvalue weighted by molar-refractivity contribution is 0.0760. The predicted octanol–water partition coefficient (Wildman–Crippen LogP) is 1.07. The Bertz CT molecular complexity index is 258. The Morgan fingerprint density at radius 3 is 2.92 bits per heavy atom. The van der Waals surface area contributed by atoms with Gasteiger partial charge in [-0.2, -0.15) is 0 Å². The van der Waals surface area contributed by atoms with E-state index in [-0.39, 0.29) is 6.61 Å². The Morgan fingerprint density at radius 1 is 1.62 bits per heavy atom. The van der Waals surface area contributed by atoms with Gasteiger partial charge in [-0.05, 0) is 13.3 Å². The number of hydrogen-bond acceptors (Lipinski definition) is 3. The number of aliphatic hydroxyl groups is 1. The second-order valence-electron chi connectivity index (χ2n) is 2.94. The molecule has 0 fully saturated rings. The maximum absolute atomic E-state index is 8.83. The van der Waals surface area contributed by atoms with Crippen LogP contribution in [0.5, 0.6) is 0 Å². The van der Waals surface area contributed by atoms with E-state index in [1.165, 1.54) is 0 Å². The van der Waals surface area contributed by atoms with E-state index < -0.39 is 0 Å². The molecule has 0 amide bonds. The molecule has 0 aromatic carbocycles. The third-order valence-electron chi connectivity index (χ3n) is 1.77. The first-order chi connectivity index (χ1) is 6.27. The Kier molecular flexibility index (Phi) is 3.92. The molecule has 0 bridgehead atoms. The van der Waals surface area contributed by atoms with Gasteiger partial charge in [-0.15, -0.1) is 0 Å². The molecule has 1 rings (SSSR count). The topological polar surface area (TPSA) is 47.3 Å². The fourth-order valence-corrected chi connectivity index (χ4v) is 1.09. The minimum Gasteiger partial charge on any atom is -0.390 e. The minimum absolute atomic E-state index is 0.0123. The van der Waals surface area contributed by atoms with Crippen molar-refractivity contribution in [3.8, 4) is 0 Å². The van der Waals surface area contributed by atoms with Crippen LogP contribution in [0.25, 0.3) is 0 Å². The molecule has 0 aliphatic rings. The van der Waals surface area contributed by atoms with Crippen LogP contribution in [0.15, 0.2) is 6.20 Å². The summed E-state index contributed by atoms with van der Waals surface area (Å²) < 4.78 is 7.24. The van der Waals surface area contributed by atoms with Gasteiger partial charge in [0.05, 0.1) is 12.3 Å². The van der Waals surface area contributed by atoms with Gasteiger partial charge in [0, 0.05) is 12.8 Å². The van der Waals surface area contributed by atoms with Gasteiger partial charge in [-0.1, -0.05) is 6.92 Å². The summed E-state index contributed by atoms with van der Waals surface area (Å²) in [6.45, 7) is 5.23. The highest BCUT2D eigenvalue weighted by molar-refractivity contribution is 5.00. The molecular formula is C9H16N2O2. The molecule has 0 aliphatic heterocycles. The Labute approximate surface area is 78.2 Å². The van der Waals surface area contributed by atoms with Gasteiger partial charge in [0.2, 0.25) is 0 Å². The maximum atomic E-state index is 8.83. The zero-order chi connectivity index (χ0) is 9.68. The number of nitrogens with zero attached hydrogens (tertiary/aromatic N) is 2. The van der Waals surface area contributed by atoms with Crippen LogP contribution < -0.4 is 0 Å². The molecule has 0 aliphatic carbocycles. The van der Waals surface area contributed by atoms with Gasteiger partial charge < -0.3 is 14.4 Å². The van der Waals surface area contributed by atoms with Gasteiger partial charge in [0.25, 0.3) is 0 Å². The zero-order valence-electron chi connectivity index (χ0n) is 8.16. The van der Waals surface area contributed by atoms with Gasteiger partial charge in [-0.25, -0.2) is 4.98 Å². The highest BCUT2D eigenvalue weighted by Gasteiger charge is 2.01. The molecule has 0 saturated heterocycles. The second-order valence-corrected chi connectivity index (χ2v) is 2.94. The smallest absolute Gasteiger partial charge is 0.123 e. The van der Waals surface area contributed by atoms with Crippen LogP contribution in [0, 0.1) is 6.92 Å². The number of rotatable bonds is 5. The number of aromatic nitrogens is 2. The summed E-state index contributed by atoms with van der Waals surface area (Å²) in [6, 6.07) is 0. The van der Waals surface area contributed by atoms with Gasteiger partial charge in [-0.3, -0.25) is 0 Å². The molecule has 1 heterocycles. The molecule has 0 unspecified atom stereocenters. The summed E-state index contributed by atoms with van der Waals surface area (Å²) in [6.07, 6.45) is 2.82. The summed E-state index contributed by atoms with van der Waals surface area (Å²) in [4.78, 5) is 4.14. The molecule has 0 radical (unpaired) electrons. The average Bonchev–Trinajstić information content (AvgIpc) is 2.48. The summed E-state index contributed by atoms with van der Waals surface area (Å²) in [5.41, 5.74) is 0.692. The summed E-state index contributed by atoms with van der Waals surface area (Å²) in [5.74, 6) is 0.875. The van der Waals surface area contributed by atoms with Crippen molar-refractivity contribution in [2.75, 3.05) is 6.61 Å². The summed E-state index contributed by atoms with van der Waals surface area (Å²) in [5, 5.41) is 8.83. The number of ether oxygens (including phenoxy) is 1. The van der Waals surface area contributed by atoms with Crippen molar-refractivity contribution >= 4 is 0 Å². The van der Waals surface area contributed by atoms with Crippen LogP contribution in [0.4, 0.5) is 0 Å². The van der Waals surface area contributed by atoms with Gasteiger partial charge in [0.1, 0.15) is 12.6 Å². The highest BCUT2D eigenvalue weighted by atomic mass is 16.5. The first-order valence-corrected chi connectivity index (χ1v) is 4.49. The monoisotopic (exact) mass is 184 g/mol. The molecule has 13 heavy (non-hydrogen) atoms. The largest absolute Gasteiger partial charge is 0.390 e. The molecule has 1 aromatic heterocycles. The number of aryl methyl sites for hydroxylation is 1. The Balaban J connectivity index is 2.50. The molecule has 4 nitrogen and oxygen atoms in total. The maximum Gasteiger partial charge on any atom is 0.123 e. The van der Waals surface area contributed by atoms with E-state index in [1.807, 2.05) is 17.7 Å². The molecule has 0 spiro atoms. The minimum atomic E-state index is -0.0123. The van der Waals surface area contributed by atoms with E-state index in [0.717, 1.165) is 18.9 Å². The molecular weight excluding hydrogens is 168 g/mol. The van der Waals surface area contributed by atoms with E-state index in [4.69, 9.17) is 9.84 Å². The molecule has 4 heteroatoms. The molecule has 1 aromatic rings. The van der Waals surface area contributed by atoms with Crippen LogP contribution in [0.2, 0.25) is 0 Å². The van der Waals surface area contributed by atoms with Crippen LogP contribution in [0.3, 0.4) is 0 Å². The van der Waals surface area contributed by atoms with Crippen LogP contribution in [0.1, 0.15) is 24.9 Å². The van der Waals surface area contributed by atoms with Gasteiger partial charge >= 0.3 is 0 Å². The highest BCUT2D eigenvalue weighted by Crippen LogP contribution is 2.02. The van der Waals surface area contributed by atoms with E-state index >= 15 is 0 Å². The van der Waals surface area contributed by atoms with Crippen molar-refractivity contribution < 1.29 is 9.84 Å². The number of imidazole rings is 1. The van der Waals surface area contributed by atoms with E-state index in [9.17, 15) is 0 Å². The standard InChI is InChI=1S/C9H16N2O2/c1-3-4-13-7-11-5-9(6-12)10-8(11)2/h5,12H,3-4,6-7H2,1-2H3. The van der Waals surface area contributed by atoms with Crippen molar-refractivity contribution in [2.24, 2.45) is 0 Å². The molecule has 0 saturated carbocycles. The Hall–Kier alpha value is -0.870. The molecule has 1 N–H and O–H groups in total. The number of aliphatic hydroxyl groups excluding tert-OH is 1. The van der Waals surface area contributed by atoms with E-state index in [1.54, 1.807) is 0 Å². The average molecular weight is 184 g/mol. The predicted molar refractivity (Wildman–Crippen MR) is 49.1 cm³/mol. The normalized spacial score (nSPS) is 10.7. The van der Waals surface area contributed by atoms with Crippen molar-refractivity contribution in [1.29, 1.82) is 0 Å². The lowest BCUT2D eigenvalue weighted by Gasteiger charge is -2.04. The van der Waals surface area contributed by atoms with E-state index in [0.29, 0.717) is 12.4 Å². The summed E-state index contributed by atoms with van der Waals surface area (Å²) in [7, 11) is 0. The molecule has 0 atom stereocenters. The van der Waals surface area contributed by atoms with Gasteiger partial charge in [0.15, 0.2) is 0 Å². The first-order valence-electron chi connectivity index (χ1n) is 4.49. The third-order valence-corrected chi connectivity index (χ3v) is 1.77. The van der Waals surface area contributed by atoms with Crippen molar-refractivity contribution in [2.45, 2.75) is 33.6 Å². The van der Waals surface area contributed by atoms with Crippen molar-refractivity contribution in [3.05, 3.63) is 17.7 Å². The molecule has 74 valence electrons. The fraction of sp³-hybridized carbons (Fsp3) is 0.667. The van der Waals surface area contributed by atoms with E-state index in [2.05, 4.69) is 11.9 Å². The summed E-state index contributed by atoms with van der Waals surface area (Å²) >= 11 is 0. The second kappa shape index (κ2) is 4.99. The Morgan fingerprint density at radius 2 is 2.38 bits per heavy atom. The lowest BCUT2D eigenvalue weighted by Crippen LogP contribution is -2.03. The third kappa shape index (κ3) is 2.82. The van der Waals surface area contributed by atoms with Crippen molar-refractivity contribution in [1.82, 2.24) is 9.55 Å². The zero-order valence-corrected chi connectivity index (χ0v) is 8.16. The van der Waals surface area contributed by atoms with Crippen LogP contribution in [-0.2, 0) is 18.1 Å². The quantitative estimate of drug-likeness (QED) is 0.696. The lowest BCUT2D eigenvalue weighted by atomic mass is 10.5.